The van der Waals surface area contributed by atoms with Crippen LogP contribution in [0.1, 0.15) is 15.9 Å². The molecule has 0 N–H and O–H groups in total. The van der Waals surface area contributed by atoms with E-state index in [9.17, 15) is 13.2 Å². The summed E-state index contributed by atoms with van der Waals surface area (Å²) >= 11 is 7.81. The summed E-state index contributed by atoms with van der Waals surface area (Å²) in [4.78, 5) is 22.1. The van der Waals surface area contributed by atoms with Gasteiger partial charge in [-0.25, -0.2) is 13.4 Å². The van der Waals surface area contributed by atoms with Gasteiger partial charge in [0.2, 0.25) is 0 Å². The summed E-state index contributed by atoms with van der Waals surface area (Å²) in [7, 11) is -2.12. The molecule has 2 aliphatic heterocycles. The Balaban J connectivity index is 1.13. The van der Waals surface area contributed by atoms with Gasteiger partial charge in [-0.15, -0.1) is 0 Å². The van der Waals surface area contributed by atoms with Crippen LogP contribution in [-0.4, -0.2) is 64.0 Å². The summed E-state index contributed by atoms with van der Waals surface area (Å²) < 4.78 is 34.4. The number of carbonyl (C=O) groups is 1. The molecule has 3 aromatic carbocycles. The van der Waals surface area contributed by atoms with Crippen molar-refractivity contribution in [1.82, 2.24) is 9.88 Å². The summed E-state index contributed by atoms with van der Waals surface area (Å²) in [5, 5.41) is 1.39. The van der Waals surface area contributed by atoms with Gasteiger partial charge < -0.3 is 14.5 Å². The molecule has 4 aromatic rings. The lowest BCUT2D eigenvalue weighted by molar-refractivity contribution is 0.0746. The standard InChI is InChI=1S/C27H25ClN4O4S2/c1-36-25-21(28)10-11-23-24(25)29-27(37-23)31-16-14-30(15-17-31)26(33)19-6-8-20(9-7-19)38(34,35)32-13-12-18-4-2-3-5-22(18)32/h2-11H,12-17H2,1H3. The zero-order valence-electron chi connectivity index (χ0n) is 20.6. The van der Waals surface area contributed by atoms with Crippen LogP contribution in [0.4, 0.5) is 10.8 Å². The van der Waals surface area contributed by atoms with Gasteiger partial charge in [0.05, 0.1) is 27.4 Å². The number of aromatic nitrogens is 1. The lowest BCUT2D eigenvalue weighted by Gasteiger charge is -2.34. The minimum absolute atomic E-state index is 0.113. The highest BCUT2D eigenvalue weighted by Crippen LogP contribution is 2.38. The monoisotopic (exact) mass is 568 g/mol. The van der Waals surface area contributed by atoms with Crippen LogP contribution in [0.2, 0.25) is 5.02 Å². The second kappa shape index (κ2) is 9.76. The summed E-state index contributed by atoms with van der Waals surface area (Å²) in [6.07, 6.45) is 0.691. The molecule has 3 heterocycles. The van der Waals surface area contributed by atoms with Crippen LogP contribution in [0, 0.1) is 0 Å². The van der Waals surface area contributed by atoms with Crippen molar-refractivity contribution in [2.45, 2.75) is 11.3 Å². The summed E-state index contributed by atoms with van der Waals surface area (Å²) in [5.74, 6) is 0.456. The maximum absolute atomic E-state index is 13.3. The number of carbonyl (C=O) groups excluding carboxylic acids is 1. The van der Waals surface area contributed by atoms with E-state index in [1.54, 1.807) is 35.5 Å². The number of ether oxygens (including phenoxy) is 1. The van der Waals surface area contributed by atoms with Crippen molar-refractivity contribution in [1.29, 1.82) is 0 Å². The van der Waals surface area contributed by atoms with Gasteiger partial charge in [0.15, 0.2) is 10.9 Å². The Kier molecular flexibility index (Phi) is 6.41. The van der Waals surface area contributed by atoms with Crippen molar-refractivity contribution in [3.05, 3.63) is 76.8 Å². The molecule has 38 heavy (non-hydrogen) atoms. The Morgan fingerprint density at radius 3 is 2.45 bits per heavy atom. The average molecular weight is 569 g/mol. The molecule has 1 fully saturated rings. The van der Waals surface area contributed by atoms with E-state index in [0.29, 0.717) is 55.5 Å². The van der Waals surface area contributed by atoms with Gasteiger partial charge >= 0.3 is 0 Å². The fourth-order valence-corrected chi connectivity index (χ4v) is 7.75. The molecule has 0 atom stereocenters. The van der Waals surface area contributed by atoms with Crippen molar-refractivity contribution in [2.75, 3.05) is 49.0 Å². The minimum atomic E-state index is -3.70. The van der Waals surface area contributed by atoms with Crippen LogP contribution in [0.3, 0.4) is 0 Å². The van der Waals surface area contributed by atoms with E-state index in [1.807, 2.05) is 36.4 Å². The number of nitrogens with zero attached hydrogens (tertiary/aromatic N) is 4. The van der Waals surface area contributed by atoms with Gasteiger partial charge in [-0.1, -0.05) is 41.1 Å². The Hall–Kier alpha value is -3.34. The molecule has 0 bridgehead atoms. The number of anilines is 2. The molecule has 0 radical (unpaired) electrons. The highest BCUT2D eigenvalue weighted by atomic mass is 35.5. The first-order valence-electron chi connectivity index (χ1n) is 12.2. The van der Waals surface area contributed by atoms with Gasteiger partial charge in [-0.05, 0) is 54.4 Å². The smallest absolute Gasteiger partial charge is 0.264 e. The van der Waals surface area contributed by atoms with E-state index in [1.165, 1.54) is 16.4 Å². The number of para-hydroxylation sites is 1. The first-order chi connectivity index (χ1) is 18.4. The van der Waals surface area contributed by atoms with Crippen molar-refractivity contribution in [3.8, 4) is 5.75 Å². The number of rotatable bonds is 5. The molecule has 1 amide bonds. The van der Waals surface area contributed by atoms with E-state index in [2.05, 4.69) is 4.90 Å². The third-order valence-electron chi connectivity index (χ3n) is 7.03. The fourth-order valence-electron chi connectivity index (χ4n) is 5.00. The van der Waals surface area contributed by atoms with E-state index >= 15 is 0 Å². The number of thiazole rings is 1. The largest absolute Gasteiger partial charge is 0.493 e. The second-order valence-corrected chi connectivity index (χ2v) is 12.5. The van der Waals surface area contributed by atoms with Gasteiger partial charge in [-0.2, -0.15) is 0 Å². The predicted octanol–water partition coefficient (Wildman–Crippen LogP) is 4.67. The van der Waals surface area contributed by atoms with E-state index in [4.69, 9.17) is 21.3 Å². The number of hydrogen-bond acceptors (Lipinski definition) is 7. The summed E-state index contributed by atoms with van der Waals surface area (Å²) in [5.41, 5.74) is 2.96. The number of benzene rings is 3. The molecular weight excluding hydrogens is 544 g/mol. The molecule has 0 unspecified atom stereocenters. The Labute approximate surface area is 230 Å². The quantitative estimate of drug-likeness (QED) is 0.348. The second-order valence-electron chi connectivity index (χ2n) is 9.18. The van der Waals surface area contributed by atoms with Crippen LogP contribution in [0.5, 0.6) is 5.75 Å². The van der Waals surface area contributed by atoms with Gasteiger partial charge in [0, 0.05) is 38.3 Å². The molecule has 6 rings (SSSR count). The van der Waals surface area contributed by atoms with Crippen LogP contribution in [-0.2, 0) is 16.4 Å². The maximum Gasteiger partial charge on any atom is 0.264 e. The van der Waals surface area contributed by atoms with Crippen molar-refractivity contribution in [2.24, 2.45) is 0 Å². The van der Waals surface area contributed by atoms with Gasteiger partial charge in [0.25, 0.3) is 15.9 Å². The Morgan fingerprint density at radius 2 is 1.71 bits per heavy atom. The molecule has 11 heteroatoms. The van der Waals surface area contributed by atoms with Crippen molar-refractivity contribution >= 4 is 59.9 Å². The Morgan fingerprint density at radius 1 is 0.974 bits per heavy atom. The van der Waals surface area contributed by atoms with E-state index in [-0.39, 0.29) is 10.8 Å². The van der Waals surface area contributed by atoms with Gasteiger partial charge in [0.1, 0.15) is 5.52 Å². The van der Waals surface area contributed by atoms with Crippen molar-refractivity contribution in [3.63, 3.8) is 0 Å². The molecule has 8 nitrogen and oxygen atoms in total. The third-order valence-corrected chi connectivity index (χ3v) is 10.2. The molecule has 2 aliphatic rings. The minimum Gasteiger partial charge on any atom is -0.493 e. The molecule has 1 saturated heterocycles. The van der Waals surface area contributed by atoms with Crippen LogP contribution in [0.15, 0.2) is 65.6 Å². The van der Waals surface area contributed by atoms with E-state index < -0.39 is 10.0 Å². The predicted molar refractivity (Wildman–Crippen MR) is 150 cm³/mol. The van der Waals surface area contributed by atoms with Crippen LogP contribution < -0.4 is 13.9 Å². The number of sulfonamides is 1. The SMILES string of the molecule is COc1c(Cl)ccc2sc(N3CCN(C(=O)c4ccc(S(=O)(=O)N5CCc6ccccc65)cc4)CC3)nc12. The normalized spacial score (nSPS) is 15.7. The number of piperazine rings is 1. The van der Waals surface area contributed by atoms with Crippen LogP contribution in [0.25, 0.3) is 10.2 Å². The molecular formula is C27H25ClN4O4S2. The average Bonchev–Trinajstić information content (AvgIpc) is 3.58. The zero-order valence-corrected chi connectivity index (χ0v) is 23.0. The first-order valence-corrected chi connectivity index (χ1v) is 14.9. The Bertz CT molecular complexity index is 1630. The molecule has 0 aliphatic carbocycles. The molecule has 1 aromatic heterocycles. The number of fused-ring (bicyclic) bond motifs is 2. The highest BCUT2D eigenvalue weighted by molar-refractivity contribution is 7.92. The summed E-state index contributed by atoms with van der Waals surface area (Å²) in [6.45, 7) is 2.78. The third kappa shape index (κ3) is 4.26. The lowest BCUT2D eigenvalue weighted by atomic mass is 10.2. The molecule has 196 valence electrons. The summed E-state index contributed by atoms with van der Waals surface area (Å²) in [6, 6.07) is 17.6. The highest BCUT2D eigenvalue weighted by Gasteiger charge is 2.31. The number of amides is 1. The van der Waals surface area contributed by atoms with E-state index in [0.717, 1.165) is 26.6 Å². The fraction of sp³-hybridized carbons (Fsp3) is 0.259. The van der Waals surface area contributed by atoms with Crippen LogP contribution >= 0.6 is 22.9 Å². The molecule has 0 saturated carbocycles. The number of hydrogen-bond donors (Lipinski definition) is 0. The zero-order chi connectivity index (χ0) is 26.4. The number of methoxy groups -OCH3 is 1. The van der Waals surface area contributed by atoms with Crippen molar-refractivity contribution < 1.29 is 17.9 Å². The number of halogens is 1. The maximum atomic E-state index is 13.3. The first kappa shape index (κ1) is 25.0. The lowest BCUT2D eigenvalue weighted by Crippen LogP contribution is -2.48. The topological polar surface area (TPSA) is 83.0 Å². The van der Waals surface area contributed by atoms with Gasteiger partial charge in [-0.3, -0.25) is 9.10 Å². The molecule has 0 spiro atoms.